The van der Waals surface area contributed by atoms with Crippen molar-refractivity contribution in [2.75, 3.05) is 18.2 Å². The molecule has 2 amide bonds. The number of methoxy groups -OCH3 is 1. The van der Waals surface area contributed by atoms with Crippen LogP contribution >= 0.6 is 11.8 Å². The number of nitrogens with one attached hydrogen (secondary N) is 2. The van der Waals surface area contributed by atoms with Crippen molar-refractivity contribution in [1.82, 2.24) is 20.1 Å². The van der Waals surface area contributed by atoms with E-state index in [4.69, 9.17) is 4.74 Å². The Morgan fingerprint density at radius 3 is 2.32 bits per heavy atom. The lowest BCUT2D eigenvalue weighted by Crippen LogP contribution is -2.33. The second-order valence-electron chi connectivity index (χ2n) is 8.21. The van der Waals surface area contributed by atoms with E-state index in [2.05, 4.69) is 20.8 Å². The van der Waals surface area contributed by atoms with E-state index in [1.807, 2.05) is 56.5 Å². The SMILES string of the molecule is CCn1c(SCC(=O)Nc2ccc(C)cc2)nnc1[C@H](NC(=O)c1ccc(OC)cc1)C(C)C. The molecular weight excluding hydrogens is 450 g/mol. The fourth-order valence-corrected chi connectivity index (χ4v) is 4.20. The Bertz CT molecular complexity index is 1110. The maximum absolute atomic E-state index is 12.9. The van der Waals surface area contributed by atoms with Gasteiger partial charge in [0.1, 0.15) is 5.75 Å². The number of benzene rings is 2. The average molecular weight is 482 g/mol. The number of ether oxygens (including phenoxy) is 1. The van der Waals surface area contributed by atoms with E-state index < -0.39 is 0 Å². The number of aryl methyl sites for hydroxylation is 1. The van der Waals surface area contributed by atoms with Crippen LogP contribution in [0.15, 0.2) is 53.7 Å². The normalized spacial score (nSPS) is 11.8. The number of hydrogen-bond acceptors (Lipinski definition) is 6. The maximum Gasteiger partial charge on any atom is 0.251 e. The average Bonchev–Trinajstić information content (AvgIpc) is 3.24. The molecular formula is C25H31N5O3S. The smallest absolute Gasteiger partial charge is 0.251 e. The quantitative estimate of drug-likeness (QED) is 0.415. The number of carbonyl (C=O) groups excluding carboxylic acids is 2. The first-order chi connectivity index (χ1) is 16.3. The van der Waals surface area contributed by atoms with Gasteiger partial charge in [-0.15, -0.1) is 10.2 Å². The molecule has 9 heteroatoms. The number of nitrogens with zero attached hydrogens (tertiary/aromatic N) is 3. The van der Waals surface area contributed by atoms with Crippen molar-refractivity contribution in [1.29, 1.82) is 0 Å². The summed E-state index contributed by atoms with van der Waals surface area (Å²) in [7, 11) is 1.59. The first kappa shape index (κ1) is 25.3. The first-order valence-electron chi connectivity index (χ1n) is 11.2. The maximum atomic E-state index is 12.9. The van der Waals surface area contributed by atoms with E-state index in [1.165, 1.54) is 11.8 Å². The van der Waals surface area contributed by atoms with Gasteiger partial charge in [0.2, 0.25) is 5.91 Å². The Labute approximate surface area is 204 Å². The molecule has 2 aromatic carbocycles. The molecule has 0 bridgehead atoms. The Kier molecular flexibility index (Phi) is 8.70. The third-order valence-electron chi connectivity index (χ3n) is 5.31. The third-order valence-corrected chi connectivity index (χ3v) is 6.28. The topological polar surface area (TPSA) is 98.1 Å². The summed E-state index contributed by atoms with van der Waals surface area (Å²) in [5, 5.41) is 15.3. The molecule has 0 aliphatic carbocycles. The number of aromatic nitrogens is 3. The summed E-state index contributed by atoms with van der Waals surface area (Å²) in [6.45, 7) is 8.66. The van der Waals surface area contributed by atoms with E-state index in [-0.39, 0.29) is 29.5 Å². The molecule has 3 aromatic rings. The monoisotopic (exact) mass is 481 g/mol. The van der Waals surface area contributed by atoms with Gasteiger partial charge in [0.05, 0.1) is 18.9 Å². The van der Waals surface area contributed by atoms with E-state index in [0.29, 0.717) is 28.8 Å². The van der Waals surface area contributed by atoms with Crippen molar-refractivity contribution in [3.05, 3.63) is 65.5 Å². The van der Waals surface area contributed by atoms with Crippen molar-refractivity contribution in [3.63, 3.8) is 0 Å². The minimum Gasteiger partial charge on any atom is -0.497 e. The van der Waals surface area contributed by atoms with E-state index in [1.54, 1.807) is 31.4 Å². The van der Waals surface area contributed by atoms with Gasteiger partial charge in [0.25, 0.3) is 5.91 Å². The van der Waals surface area contributed by atoms with Gasteiger partial charge < -0.3 is 19.9 Å². The van der Waals surface area contributed by atoms with Gasteiger partial charge in [-0.25, -0.2) is 0 Å². The zero-order valence-electron chi connectivity index (χ0n) is 20.2. The Morgan fingerprint density at radius 1 is 1.06 bits per heavy atom. The number of amides is 2. The molecule has 1 atom stereocenters. The van der Waals surface area contributed by atoms with Crippen molar-refractivity contribution in [2.45, 2.75) is 45.4 Å². The van der Waals surface area contributed by atoms with Crippen LogP contribution in [0.5, 0.6) is 5.75 Å². The molecule has 1 heterocycles. The van der Waals surface area contributed by atoms with Gasteiger partial charge in [0.15, 0.2) is 11.0 Å². The fraction of sp³-hybridized carbons (Fsp3) is 0.360. The minimum atomic E-state index is -0.335. The Hall–Kier alpha value is -3.33. The lowest BCUT2D eigenvalue weighted by molar-refractivity contribution is -0.113. The predicted octanol–water partition coefficient (Wildman–Crippen LogP) is 4.47. The number of rotatable bonds is 10. The summed E-state index contributed by atoms with van der Waals surface area (Å²) in [5.41, 5.74) is 2.43. The summed E-state index contributed by atoms with van der Waals surface area (Å²) >= 11 is 1.32. The van der Waals surface area contributed by atoms with Crippen molar-refractivity contribution in [3.8, 4) is 5.75 Å². The van der Waals surface area contributed by atoms with Crippen LogP contribution in [-0.2, 0) is 11.3 Å². The van der Waals surface area contributed by atoms with Crippen LogP contribution in [-0.4, -0.2) is 39.4 Å². The highest BCUT2D eigenvalue weighted by Crippen LogP contribution is 2.26. The molecule has 0 unspecified atom stereocenters. The Morgan fingerprint density at radius 2 is 1.74 bits per heavy atom. The number of hydrogen-bond donors (Lipinski definition) is 2. The summed E-state index contributed by atoms with van der Waals surface area (Å²) in [6, 6.07) is 14.3. The standard InChI is InChI=1S/C25H31N5O3S/c1-6-30-23(22(16(2)3)27-24(32)18-9-13-20(33-5)14-10-18)28-29-25(30)34-15-21(31)26-19-11-7-17(4)8-12-19/h7-14,16,22H,6,15H2,1-5H3,(H,26,31)(H,27,32)/t22-/m1/s1. The summed E-state index contributed by atoms with van der Waals surface area (Å²) in [6.07, 6.45) is 0. The lowest BCUT2D eigenvalue weighted by atomic mass is 10.0. The number of carbonyl (C=O) groups is 2. The second-order valence-corrected chi connectivity index (χ2v) is 9.15. The van der Waals surface area contributed by atoms with Crippen LogP contribution < -0.4 is 15.4 Å². The van der Waals surface area contributed by atoms with Gasteiger partial charge in [0, 0.05) is 17.8 Å². The molecule has 0 radical (unpaired) electrons. The molecule has 2 N–H and O–H groups in total. The molecule has 3 rings (SSSR count). The minimum absolute atomic E-state index is 0.0828. The van der Waals surface area contributed by atoms with Crippen LogP contribution in [0.1, 0.15) is 48.6 Å². The number of anilines is 1. The van der Waals surface area contributed by atoms with Gasteiger partial charge in [-0.05, 0) is 56.2 Å². The molecule has 8 nitrogen and oxygen atoms in total. The van der Waals surface area contributed by atoms with E-state index in [9.17, 15) is 9.59 Å². The van der Waals surface area contributed by atoms with Gasteiger partial charge in [-0.2, -0.15) is 0 Å². The van der Waals surface area contributed by atoms with Crippen molar-refractivity contribution in [2.24, 2.45) is 5.92 Å². The van der Waals surface area contributed by atoms with Gasteiger partial charge in [-0.3, -0.25) is 9.59 Å². The van der Waals surface area contributed by atoms with Crippen molar-refractivity contribution < 1.29 is 14.3 Å². The third kappa shape index (κ3) is 6.38. The molecule has 34 heavy (non-hydrogen) atoms. The predicted molar refractivity (Wildman–Crippen MR) is 134 cm³/mol. The van der Waals surface area contributed by atoms with E-state index >= 15 is 0 Å². The van der Waals surface area contributed by atoms with Crippen LogP contribution in [0.25, 0.3) is 0 Å². The second kappa shape index (κ2) is 11.7. The zero-order valence-corrected chi connectivity index (χ0v) is 21.0. The summed E-state index contributed by atoms with van der Waals surface area (Å²) in [4.78, 5) is 25.3. The first-order valence-corrected chi connectivity index (χ1v) is 12.2. The molecule has 180 valence electrons. The molecule has 0 aliphatic rings. The fourth-order valence-electron chi connectivity index (χ4n) is 3.39. The highest BCUT2D eigenvalue weighted by molar-refractivity contribution is 7.99. The largest absolute Gasteiger partial charge is 0.497 e. The molecule has 0 saturated carbocycles. The highest BCUT2D eigenvalue weighted by atomic mass is 32.2. The van der Waals surface area contributed by atoms with Crippen LogP contribution in [0.3, 0.4) is 0 Å². The number of thioether (sulfide) groups is 1. The molecule has 0 saturated heterocycles. The molecule has 0 fully saturated rings. The summed E-state index contributed by atoms with van der Waals surface area (Å²) in [5.74, 6) is 1.33. The van der Waals surface area contributed by atoms with Crippen LogP contribution in [0.4, 0.5) is 5.69 Å². The zero-order chi connectivity index (χ0) is 24.7. The van der Waals surface area contributed by atoms with Crippen LogP contribution in [0.2, 0.25) is 0 Å². The molecule has 1 aromatic heterocycles. The van der Waals surface area contributed by atoms with E-state index in [0.717, 1.165) is 11.3 Å². The molecule has 0 spiro atoms. The molecule has 0 aliphatic heterocycles. The van der Waals surface area contributed by atoms with Crippen LogP contribution in [0, 0.1) is 12.8 Å². The summed E-state index contributed by atoms with van der Waals surface area (Å²) < 4.78 is 7.11. The van der Waals surface area contributed by atoms with Crippen molar-refractivity contribution >= 4 is 29.3 Å². The lowest BCUT2D eigenvalue weighted by Gasteiger charge is -2.22. The highest BCUT2D eigenvalue weighted by Gasteiger charge is 2.26. The van der Waals surface area contributed by atoms with Gasteiger partial charge >= 0.3 is 0 Å². The Balaban J connectivity index is 1.69. The van der Waals surface area contributed by atoms with Gasteiger partial charge in [-0.1, -0.05) is 43.3 Å².